The predicted molar refractivity (Wildman–Crippen MR) is 101 cm³/mol. The van der Waals surface area contributed by atoms with Crippen molar-refractivity contribution in [2.45, 2.75) is 6.42 Å². The lowest BCUT2D eigenvalue weighted by Gasteiger charge is -2.09. The van der Waals surface area contributed by atoms with E-state index in [0.29, 0.717) is 23.0 Å². The molecular formula is C18H16Cl2N4O. The van der Waals surface area contributed by atoms with Crippen molar-refractivity contribution in [3.63, 3.8) is 0 Å². The maximum absolute atomic E-state index is 12.0. The first-order chi connectivity index (χ1) is 12.1. The number of amides is 2. The van der Waals surface area contributed by atoms with Crippen LogP contribution in [0.15, 0.2) is 54.7 Å². The quantitative estimate of drug-likeness (QED) is 0.603. The molecule has 7 heteroatoms. The summed E-state index contributed by atoms with van der Waals surface area (Å²) < 4.78 is 0. The Hall–Kier alpha value is -2.50. The summed E-state index contributed by atoms with van der Waals surface area (Å²) in [4.78, 5) is 12.0. The molecule has 128 valence electrons. The van der Waals surface area contributed by atoms with Gasteiger partial charge in [0, 0.05) is 18.4 Å². The third-order valence-corrected chi connectivity index (χ3v) is 4.38. The molecule has 3 rings (SSSR count). The van der Waals surface area contributed by atoms with E-state index in [-0.39, 0.29) is 6.03 Å². The van der Waals surface area contributed by atoms with Crippen LogP contribution in [0.25, 0.3) is 11.3 Å². The second-order valence-corrected chi connectivity index (χ2v) is 6.24. The number of aromatic amines is 1. The van der Waals surface area contributed by atoms with Crippen LogP contribution in [-0.2, 0) is 6.42 Å². The Morgan fingerprint density at radius 2 is 1.84 bits per heavy atom. The molecule has 0 saturated carbocycles. The van der Waals surface area contributed by atoms with Crippen molar-refractivity contribution in [3.05, 3.63) is 70.3 Å². The van der Waals surface area contributed by atoms with Gasteiger partial charge < -0.3 is 10.6 Å². The van der Waals surface area contributed by atoms with Crippen molar-refractivity contribution in [1.29, 1.82) is 0 Å². The van der Waals surface area contributed by atoms with Gasteiger partial charge in [0.05, 0.1) is 15.7 Å². The number of halogens is 2. The number of hydrogen-bond donors (Lipinski definition) is 3. The first-order valence-electron chi connectivity index (χ1n) is 7.70. The highest BCUT2D eigenvalue weighted by Crippen LogP contribution is 2.22. The molecule has 5 nitrogen and oxygen atoms in total. The van der Waals surface area contributed by atoms with Gasteiger partial charge in [0.2, 0.25) is 0 Å². The third kappa shape index (κ3) is 4.75. The number of nitrogens with zero attached hydrogens (tertiary/aromatic N) is 1. The minimum Gasteiger partial charge on any atom is -0.338 e. The molecule has 0 atom stereocenters. The van der Waals surface area contributed by atoms with E-state index >= 15 is 0 Å². The standard InChI is InChI=1S/C18H16Cl2N4O/c19-15-6-1-12(11-16(15)20)7-9-21-18(25)23-14-4-2-13(3-5-14)17-8-10-22-24-17/h1-6,8,10-11H,7,9H2,(H,22,24)(H2,21,23,25). The molecule has 0 saturated heterocycles. The summed E-state index contributed by atoms with van der Waals surface area (Å²) in [6.07, 6.45) is 2.37. The number of anilines is 1. The van der Waals surface area contributed by atoms with Crippen molar-refractivity contribution in [1.82, 2.24) is 15.5 Å². The van der Waals surface area contributed by atoms with Crippen LogP contribution in [0.4, 0.5) is 10.5 Å². The summed E-state index contributed by atoms with van der Waals surface area (Å²) in [6.45, 7) is 0.496. The van der Waals surface area contributed by atoms with E-state index in [1.54, 1.807) is 18.3 Å². The molecule has 3 aromatic rings. The van der Waals surface area contributed by atoms with Gasteiger partial charge >= 0.3 is 6.03 Å². The number of H-pyrrole nitrogens is 1. The van der Waals surface area contributed by atoms with Gasteiger partial charge in [-0.1, -0.05) is 41.4 Å². The molecule has 0 spiro atoms. The SMILES string of the molecule is O=C(NCCc1ccc(Cl)c(Cl)c1)Nc1ccc(-c2ccn[nH]2)cc1. The summed E-state index contributed by atoms with van der Waals surface area (Å²) in [6, 6.07) is 14.6. The van der Waals surface area contributed by atoms with Crippen LogP contribution in [0.5, 0.6) is 0 Å². The smallest absolute Gasteiger partial charge is 0.319 e. The fraction of sp³-hybridized carbons (Fsp3) is 0.111. The molecule has 0 aliphatic heterocycles. The van der Waals surface area contributed by atoms with Gasteiger partial charge in [-0.3, -0.25) is 5.10 Å². The molecule has 0 radical (unpaired) electrons. The average molecular weight is 375 g/mol. The highest BCUT2D eigenvalue weighted by atomic mass is 35.5. The van der Waals surface area contributed by atoms with E-state index in [2.05, 4.69) is 20.8 Å². The van der Waals surface area contributed by atoms with Gasteiger partial charge in [0.15, 0.2) is 0 Å². The summed E-state index contributed by atoms with van der Waals surface area (Å²) in [7, 11) is 0. The van der Waals surface area contributed by atoms with Crippen LogP contribution in [-0.4, -0.2) is 22.8 Å². The van der Waals surface area contributed by atoms with Gasteiger partial charge in [-0.05, 0) is 47.9 Å². The van der Waals surface area contributed by atoms with Gasteiger partial charge in [0.1, 0.15) is 0 Å². The van der Waals surface area contributed by atoms with Gasteiger partial charge in [-0.25, -0.2) is 4.79 Å². The number of nitrogens with one attached hydrogen (secondary N) is 3. The Labute approximate surface area is 155 Å². The summed E-state index contributed by atoms with van der Waals surface area (Å²) in [5, 5.41) is 13.5. The molecule has 1 aromatic heterocycles. The zero-order chi connectivity index (χ0) is 17.6. The second kappa shape index (κ2) is 8.05. The van der Waals surface area contributed by atoms with Crippen LogP contribution < -0.4 is 10.6 Å². The Balaban J connectivity index is 1.48. The van der Waals surface area contributed by atoms with E-state index in [1.165, 1.54) is 0 Å². The van der Waals surface area contributed by atoms with Crippen LogP contribution in [0.3, 0.4) is 0 Å². The number of carbonyl (C=O) groups is 1. The highest BCUT2D eigenvalue weighted by molar-refractivity contribution is 6.42. The monoisotopic (exact) mass is 374 g/mol. The van der Waals surface area contributed by atoms with Crippen LogP contribution in [0, 0.1) is 0 Å². The highest BCUT2D eigenvalue weighted by Gasteiger charge is 2.04. The largest absolute Gasteiger partial charge is 0.338 e. The van der Waals surface area contributed by atoms with Crippen molar-refractivity contribution in [2.24, 2.45) is 0 Å². The molecular weight excluding hydrogens is 359 g/mol. The minimum absolute atomic E-state index is 0.255. The molecule has 0 unspecified atom stereocenters. The summed E-state index contributed by atoms with van der Waals surface area (Å²) in [5.41, 5.74) is 3.66. The van der Waals surface area contributed by atoms with Crippen LogP contribution >= 0.6 is 23.2 Å². The lowest BCUT2D eigenvalue weighted by atomic mass is 10.1. The molecule has 0 aliphatic carbocycles. The second-order valence-electron chi connectivity index (χ2n) is 5.43. The fourth-order valence-corrected chi connectivity index (χ4v) is 2.66. The Morgan fingerprint density at radius 1 is 1.04 bits per heavy atom. The third-order valence-electron chi connectivity index (χ3n) is 3.64. The number of carbonyl (C=O) groups excluding carboxylic acids is 1. The van der Waals surface area contributed by atoms with E-state index in [1.807, 2.05) is 36.4 Å². The van der Waals surface area contributed by atoms with Gasteiger partial charge in [0.25, 0.3) is 0 Å². The van der Waals surface area contributed by atoms with Crippen LogP contribution in [0.1, 0.15) is 5.56 Å². The van der Waals surface area contributed by atoms with Crippen molar-refractivity contribution >= 4 is 34.9 Å². The Kier molecular flexibility index (Phi) is 5.58. The topological polar surface area (TPSA) is 69.8 Å². The number of benzene rings is 2. The molecule has 25 heavy (non-hydrogen) atoms. The lowest BCUT2D eigenvalue weighted by molar-refractivity contribution is 0.252. The Morgan fingerprint density at radius 3 is 2.52 bits per heavy atom. The number of rotatable bonds is 5. The molecule has 3 N–H and O–H groups in total. The van der Waals surface area contributed by atoms with Gasteiger partial charge in [-0.15, -0.1) is 0 Å². The van der Waals surface area contributed by atoms with Crippen molar-refractivity contribution < 1.29 is 4.79 Å². The summed E-state index contributed by atoms with van der Waals surface area (Å²) in [5.74, 6) is 0. The van der Waals surface area contributed by atoms with E-state index in [4.69, 9.17) is 23.2 Å². The van der Waals surface area contributed by atoms with E-state index < -0.39 is 0 Å². The summed E-state index contributed by atoms with van der Waals surface area (Å²) >= 11 is 11.9. The van der Waals surface area contributed by atoms with E-state index in [9.17, 15) is 4.79 Å². The van der Waals surface area contributed by atoms with Gasteiger partial charge in [-0.2, -0.15) is 5.10 Å². The maximum Gasteiger partial charge on any atom is 0.319 e. The number of aromatic nitrogens is 2. The van der Waals surface area contributed by atoms with Crippen molar-refractivity contribution in [2.75, 3.05) is 11.9 Å². The van der Waals surface area contributed by atoms with Crippen LogP contribution in [0.2, 0.25) is 10.0 Å². The zero-order valence-electron chi connectivity index (χ0n) is 13.2. The fourth-order valence-electron chi connectivity index (χ4n) is 2.34. The number of hydrogen-bond acceptors (Lipinski definition) is 2. The first-order valence-corrected chi connectivity index (χ1v) is 8.46. The lowest BCUT2D eigenvalue weighted by Crippen LogP contribution is -2.30. The normalized spacial score (nSPS) is 10.5. The molecule has 0 aliphatic rings. The predicted octanol–water partition coefficient (Wildman–Crippen LogP) is 4.75. The molecule has 0 fully saturated rings. The Bertz CT molecular complexity index is 848. The average Bonchev–Trinajstić information content (AvgIpc) is 3.13. The minimum atomic E-state index is -0.255. The first kappa shape index (κ1) is 17.3. The van der Waals surface area contributed by atoms with E-state index in [0.717, 1.165) is 22.5 Å². The molecule has 0 bridgehead atoms. The number of urea groups is 1. The van der Waals surface area contributed by atoms with Crippen molar-refractivity contribution in [3.8, 4) is 11.3 Å². The molecule has 2 amide bonds. The molecule has 2 aromatic carbocycles. The zero-order valence-corrected chi connectivity index (χ0v) is 14.7. The maximum atomic E-state index is 12.0. The molecule has 1 heterocycles.